The molecule has 0 aromatic heterocycles. The van der Waals surface area contributed by atoms with Gasteiger partial charge in [-0.1, -0.05) is 30.3 Å². The molecule has 0 bridgehead atoms. The van der Waals surface area contributed by atoms with Crippen molar-refractivity contribution in [2.75, 3.05) is 18.6 Å². The average Bonchev–Trinajstić information content (AvgIpc) is 2.94. The van der Waals surface area contributed by atoms with Gasteiger partial charge in [-0.05, 0) is 36.8 Å². The second-order valence-corrected chi connectivity index (χ2v) is 5.67. The molecule has 2 aromatic carbocycles. The topological polar surface area (TPSA) is 76.1 Å². The number of ether oxygens (including phenoxy) is 2. The Bertz CT molecular complexity index is 842. The lowest BCUT2D eigenvalue weighted by atomic mass is 9.98. The molecule has 1 N–H and O–H groups in total. The maximum atomic E-state index is 12.7. The highest BCUT2D eigenvalue weighted by Gasteiger charge is 2.45. The molecule has 1 heterocycles. The number of rotatable bonds is 5. The maximum absolute atomic E-state index is 12.7. The second kappa shape index (κ2) is 7.31. The highest BCUT2D eigenvalue weighted by atomic mass is 16.5. The number of nitrogens with zero attached hydrogens (tertiary/aromatic N) is 1. The van der Waals surface area contributed by atoms with Crippen LogP contribution < -0.4 is 9.64 Å². The number of carbonyl (C=O) groups excluding carboxylic acids is 2. The third-order valence-electron chi connectivity index (χ3n) is 4.17. The number of anilines is 1. The number of aliphatic hydroxyl groups excluding tert-OH is 1. The normalized spacial score (nSPS) is 16.8. The van der Waals surface area contributed by atoms with Crippen LogP contribution in [-0.2, 0) is 14.3 Å². The molecule has 0 saturated carbocycles. The van der Waals surface area contributed by atoms with Crippen molar-refractivity contribution in [3.05, 3.63) is 71.5 Å². The van der Waals surface area contributed by atoms with Gasteiger partial charge in [-0.25, -0.2) is 4.79 Å². The fourth-order valence-corrected chi connectivity index (χ4v) is 2.98. The van der Waals surface area contributed by atoms with E-state index >= 15 is 0 Å². The molecule has 2 aromatic rings. The molecule has 1 aliphatic rings. The van der Waals surface area contributed by atoms with Gasteiger partial charge in [-0.15, -0.1) is 0 Å². The quantitative estimate of drug-likeness (QED) is 0.836. The van der Waals surface area contributed by atoms with Gasteiger partial charge in [0.05, 0.1) is 19.8 Å². The SMILES string of the molecule is CCOC(=O)C1=C(O)C(=O)N(c2ccccc2)[C@@H]1c1ccc(OC)cc1. The van der Waals surface area contributed by atoms with Crippen LogP contribution in [0, 0.1) is 0 Å². The Morgan fingerprint density at radius 2 is 1.77 bits per heavy atom. The van der Waals surface area contributed by atoms with E-state index in [0.29, 0.717) is 17.0 Å². The van der Waals surface area contributed by atoms with Crippen LogP contribution in [-0.4, -0.2) is 30.7 Å². The van der Waals surface area contributed by atoms with Crippen LogP contribution in [0.1, 0.15) is 18.5 Å². The molecule has 1 atom stereocenters. The summed E-state index contributed by atoms with van der Waals surface area (Å²) in [5.74, 6) is -1.29. The summed E-state index contributed by atoms with van der Waals surface area (Å²) < 4.78 is 10.2. The fourth-order valence-electron chi connectivity index (χ4n) is 2.98. The van der Waals surface area contributed by atoms with Gasteiger partial charge in [0, 0.05) is 5.69 Å². The minimum absolute atomic E-state index is 0.0640. The van der Waals surface area contributed by atoms with Crippen molar-refractivity contribution in [2.24, 2.45) is 0 Å². The average molecular weight is 353 g/mol. The molecule has 3 rings (SSSR count). The number of methoxy groups -OCH3 is 1. The van der Waals surface area contributed by atoms with Crippen LogP contribution in [0.15, 0.2) is 65.9 Å². The van der Waals surface area contributed by atoms with Crippen molar-refractivity contribution < 1.29 is 24.2 Å². The van der Waals surface area contributed by atoms with Gasteiger partial charge >= 0.3 is 5.97 Å². The highest BCUT2D eigenvalue weighted by molar-refractivity contribution is 6.15. The molecule has 0 radical (unpaired) electrons. The zero-order valence-corrected chi connectivity index (χ0v) is 14.5. The lowest BCUT2D eigenvalue weighted by Gasteiger charge is -2.26. The number of amides is 1. The number of hydrogen-bond donors (Lipinski definition) is 1. The smallest absolute Gasteiger partial charge is 0.340 e. The van der Waals surface area contributed by atoms with Crippen LogP contribution in [0.25, 0.3) is 0 Å². The zero-order valence-electron chi connectivity index (χ0n) is 14.5. The lowest BCUT2D eigenvalue weighted by molar-refractivity contribution is -0.139. The van der Waals surface area contributed by atoms with E-state index in [9.17, 15) is 14.7 Å². The van der Waals surface area contributed by atoms with E-state index in [4.69, 9.17) is 9.47 Å². The Balaban J connectivity index is 2.12. The molecule has 0 aliphatic carbocycles. The monoisotopic (exact) mass is 353 g/mol. The van der Waals surface area contributed by atoms with Gasteiger partial charge in [0.1, 0.15) is 11.3 Å². The van der Waals surface area contributed by atoms with Crippen molar-refractivity contribution in [3.8, 4) is 5.75 Å². The van der Waals surface area contributed by atoms with E-state index in [1.54, 1.807) is 62.6 Å². The summed E-state index contributed by atoms with van der Waals surface area (Å²) in [6, 6.07) is 15.1. The number of aliphatic hydroxyl groups is 1. The predicted octanol–water partition coefficient (Wildman–Crippen LogP) is 3.16. The van der Waals surface area contributed by atoms with Gasteiger partial charge in [0.25, 0.3) is 5.91 Å². The maximum Gasteiger partial charge on any atom is 0.340 e. The third-order valence-corrected chi connectivity index (χ3v) is 4.17. The van der Waals surface area contributed by atoms with Crippen molar-refractivity contribution in [1.82, 2.24) is 0 Å². The molecule has 6 nitrogen and oxygen atoms in total. The van der Waals surface area contributed by atoms with Gasteiger partial charge in [0.15, 0.2) is 5.76 Å². The molecule has 134 valence electrons. The van der Waals surface area contributed by atoms with Crippen molar-refractivity contribution in [2.45, 2.75) is 13.0 Å². The minimum Gasteiger partial charge on any atom is -0.503 e. The van der Waals surface area contributed by atoms with E-state index in [0.717, 1.165) is 0 Å². The first-order chi connectivity index (χ1) is 12.6. The van der Waals surface area contributed by atoms with Crippen molar-refractivity contribution in [3.63, 3.8) is 0 Å². The first-order valence-electron chi connectivity index (χ1n) is 8.21. The highest BCUT2D eigenvalue weighted by Crippen LogP contribution is 2.41. The van der Waals surface area contributed by atoms with Gasteiger partial charge < -0.3 is 14.6 Å². The van der Waals surface area contributed by atoms with Crippen LogP contribution in [0.2, 0.25) is 0 Å². The largest absolute Gasteiger partial charge is 0.503 e. The number of para-hydroxylation sites is 1. The summed E-state index contributed by atoms with van der Waals surface area (Å²) in [7, 11) is 1.56. The van der Waals surface area contributed by atoms with Crippen LogP contribution in [0.4, 0.5) is 5.69 Å². The Morgan fingerprint density at radius 3 is 2.35 bits per heavy atom. The number of benzene rings is 2. The summed E-state index contributed by atoms with van der Waals surface area (Å²) in [5, 5.41) is 10.4. The minimum atomic E-state index is -0.783. The molecule has 0 spiro atoms. The molecule has 0 unspecified atom stereocenters. The predicted molar refractivity (Wildman–Crippen MR) is 96.0 cm³/mol. The lowest BCUT2D eigenvalue weighted by Crippen LogP contribution is -2.31. The Labute approximate surface area is 151 Å². The Morgan fingerprint density at radius 1 is 1.12 bits per heavy atom. The standard InChI is InChI=1S/C20H19NO5/c1-3-26-20(24)16-17(13-9-11-15(25-2)12-10-13)21(19(23)18(16)22)14-7-5-4-6-8-14/h4-12,17,22H,3H2,1-2H3/t17-/m1/s1. The van der Waals surface area contributed by atoms with Crippen LogP contribution >= 0.6 is 0 Å². The molecule has 26 heavy (non-hydrogen) atoms. The molecule has 6 heteroatoms. The number of esters is 1. The molecular formula is C20H19NO5. The van der Waals surface area contributed by atoms with Crippen molar-refractivity contribution >= 4 is 17.6 Å². The Kier molecular flexibility index (Phi) is 4.93. The van der Waals surface area contributed by atoms with E-state index in [-0.39, 0.29) is 12.2 Å². The molecule has 0 fully saturated rings. The first-order valence-corrected chi connectivity index (χ1v) is 8.21. The Hall–Kier alpha value is -3.28. The summed E-state index contributed by atoms with van der Waals surface area (Å²) in [6.07, 6.45) is 0. The first kappa shape index (κ1) is 17.5. The summed E-state index contributed by atoms with van der Waals surface area (Å²) in [4.78, 5) is 26.6. The van der Waals surface area contributed by atoms with Gasteiger partial charge in [-0.3, -0.25) is 9.69 Å². The zero-order chi connectivity index (χ0) is 18.7. The molecule has 0 saturated heterocycles. The van der Waals surface area contributed by atoms with Crippen molar-refractivity contribution in [1.29, 1.82) is 0 Å². The third kappa shape index (κ3) is 3.01. The summed E-state index contributed by atoms with van der Waals surface area (Å²) >= 11 is 0. The molecule has 1 aliphatic heterocycles. The second-order valence-electron chi connectivity index (χ2n) is 5.67. The van der Waals surface area contributed by atoms with Crippen LogP contribution in [0.5, 0.6) is 5.75 Å². The fraction of sp³-hybridized carbons (Fsp3) is 0.200. The van der Waals surface area contributed by atoms with E-state index < -0.39 is 23.7 Å². The summed E-state index contributed by atoms with van der Waals surface area (Å²) in [5.41, 5.74) is 1.17. The summed E-state index contributed by atoms with van der Waals surface area (Å²) in [6.45, 7) is 1.81. The number of hydrogen-bond acceptors (Lipinski definition) is 5. The van der Waals surface area contributed by atoms with E-state index in [1.807, 2.05) is 6.07 Å². The van der Waals surface area contributed by atoms with E-state index in [1.165, 1.54) is 4.90 Å². The molecular weight excluding hydrogens is 334 g/mol. The van der Waals surface area contributed by atoms with Crippen LogP contribution in [0.3, 0.4) is 0 Å². The van der Waals surface area contributed by atoms with E-state index in [2.05, 4.69) is 0 Å². The van der Waals surface area contributed by atoms with Gasteiger partial charge in [0.2, 0.25) is 0 Å². The number of carbonyl (C=O) groups is 2. The molecule has 1 amide bonds. The van der Waals surface area contributed by atoms with Gasteiger partial charge in [-0.2, -0.15) is 0 Å².